The lowest BCUT2D eigenvalue weighted by Crippen LogP contribution is -2.39. The van der Waals surface area contributed by atoms with Gasteiger partial charge in [0.25, 0.3) is 21.8 Å². The van der Waals surface area contributed by atoms with E-state index in [4.69, 9.17) is 4.74 Å². The standard InChI is InChI=1S/C34H36N4O5S/c1-24-10-18-32(19-11-24)44(41,42)38(30-15-12-25(2)26(3)20-30)22-33(39)37-35-21-28-13-16-31(17-14-28)43-23-34(40)36-27(4)29-8-6-5-7-9-29/h5-21,27H,22-23H2,1-4H3,(H,36,40)(H,37,39)/b35-21-/t27-/m1/s1. The number of anilines is 1. The molecule has 0 radical (unpaired) electrons. The summed E-state index contributed by atoms with van der Waals surface area (Å²) in [7, 11) is -4.03. The second kappa shape index (κ2) is 14.5. The van der Waals surface area contributed by atoms with Crippen LogP contribution in [0.2, 0.25) is 0 Å². The van der Waals surface area contributed by atoms with Gasteiger partial charge in [0.15, 0.2) is 6.61 Å². The van der Waals surface area contributed by atoms with Gasteiger partial charge in [0.1, 0.15) is 12.3 Å². The van der Waals surface area contributed by atoms with Gasteiger partial charge in [0.2, 0.25) is 0 Å². The van der Waals surface area contributed by atoms with Crippen molar-refractivity contribution in [1.82, 2.24) is 10.7 Å². The number of ether oxygens (including phenoxy) is 1. The molecule has 0 aliphatic carbocycles. The third-order valence-corrected chi connectivity index (χ3v) is 8.79. The van der Waals surface area contributed by atoms with Crippen molar-refractivity contribution in [2.24, 2.45) is 5.10 Å². The Kier molecular flexibility index (Phi) is 10.5. The zero-order valence-electron chi connectivity index (χ0n) is 25.2. The molecule has 228 valence electrons. The van der Waals surface area contributed by atoms with Crippen molar-refractivity contribution in [3.05, 3.63) is 125 Å². The number of amides is 2. The predicted octanol–water partition coefficient (Wildman–Crippen LogP) is 5.21. The monoisotopic (exact) mass is 612 g/mol. The van der Waals surface area contributed by atoms with Crippen LogP contribution in [0.5, 0.6) is 5.75 Å². The smallest absolute Gasteiger partial charge is 0.264 e. The van der Waals surface area contributed by atoms with Crippen molar-refractivity contribution in [2.75, 3.05) is 17.5 Å². The van der Waals surface area contributed by atoms with Gasteiger partial charge in [0, 0.05) is 0 Å². The molecule has 0 fully saturated rings. The largest absolute Gasteiger partial charge is 0.484 e. The number of nitrogens with zero attached hydrogens (tertiary/aromatic N) is 2. The summed E-state index contributed by atoms with van der Waals surface area (Å²) in [5.74, 6) is -0.348. The Bertz CT molecular complexity index is 1720. The molecule has 4 aromatic carbocycles. The molecule has 2 N–H and O–H groups in total. The second-order valence-electron chi connectivity index (χ2n) is 10.4. The Labute approximate surface area is 258 Å². The van der Waals surface area contributed by atoms with E-state index in [1.54, 1.807) is 48.5 Å². The summed E-state index contributed by atoms with van der Waals surface area (Å²) in [6, 6.07) is 28.1. The highest BCUT2D eigenvalue weighted by Crippen LogP contribution is 2.26. The molecule has 4 aromatic rings. The van der Waals surface area contributed by atoms with Crippen LogP contribution < -0.4 is 19.8 Å². The van der Waals surface area contributed by atoms with Crippen LogP contribution in [-0.2, 0) is 19.6 Å². The van der Waals surface area contributed by atoms with Crippen molar-refractivity contribution >= 4 is 33.7 Å². The quantitative estimate of drug-likeness (QED) is 0.168. The predicted molar refractivity (Wildman–Crippen MR) is 172 cm³/mol. The maximum Gasteiger partial charge on any atom is 0.264 e. The van der Waals surface area contributed by atoms with Gasteiger partial charge in [0.05, 0.1) is 22.8 Å². The zero-order chi connectivity index (χ0) is 31.7. The van der Waals surface area contributed by atoms with Crippen LogP contribution in [0.4, 0.5) is 5.69 Å². The summed E-state index contributed by atoms with van der Waals surface area (Å²) in [6.07, 6.45) is 1.44. The average molecular weight is 613 g/mol. The van der Waals surface area contributed by atoms with Crippen molar-refractivity contribution in [1.29, 1.82) is 0 Å². The number of hydrogen-bond acceptors (Lipinski definition) is 6. The van der Waals surface area contributed by atoms with Gasteiger partial charge in [-0.2, -0.15) is 5.10 Å². The van der Waals surface area contributed by atoms with Crippen LogP contribution >= 0.6 is 0 Å². The Morgan fingerprint density at radius 1 is 0.864 bits per heavy atom. The second-order valence-corrected chi connectivity index (χ2v) is 12.3. The van der Waals surface area contributed by atoms with E-state index in [2.05, 4.69) is 15.8 Å². The van der Waals surface area contributed by atoms with E-state index in [1.165, 1.54) is 18.3 Å². The molecule has 1 atom stereocenters. The van der Waals surface area contributed by atoms with E-state index in [1.807, 2.05) is 64.1 Å². The van der Waals surface area contributed by atoms with E-state index in [-0.39, 0.29) is 23.5 Å². The lowest BCUT2D eigenvalue weighted by Gasteiger charge is -2.24. The van der Waals surface area contributed by atoms with Crippen LogP contribution in [0.3, 0.4) is 0 Å². The van der Waals surface area contributed by atoms with E-state index < -0.39 is 22.5 Å². The lowest BCUT2D eigenvalue weighted by molar-refractivity contribution is -0.123. The molecule has 0 aliphatic heterocycles. The fourth-order valence-corrected chi connectivity index (χ4v) is 5.70. The minimum Gasteiger partial charge on any atom is -0.484 e. The van der Waals surface area contributed by atoms with Crippen LogP contribution in [0, 0.1) is 20.8 Å². The maximum absolute atomic E-state index is 13.6. The third-order valence-electron chi connectivity index (χ3n) is 7.00. The molecular weight excluding hydrogens is 576 g/mol. The highest BCUT2D eigenvalue weighted by molar-refractivity contribution is 7.92. The van der Waals surface area contributed by atoms with Gasteiger partial charge in [-0.05, 0) is 98.5 Å². The first-order valence-corrected chi connectivity index (χ1v) is 15.5. The van der Waals surface area contributed by atoms with Gasteiger partial charge in [-0.1, -0.05) is 54.1 Å². The number of rotatable bonds is 12. The Balaban J connectivity index is 1.35. The van der Waals surface area contributed by atoms with Crippen LogP contribution in [0.1, 0.15) is 40.8 Å². The van der Waals surface area contributed by atoms with Crippen LogP contribution in [0.15, 0.2) is 107 Å². The number of aryl methyl sites for hydroxylation is 3. The van der Waals surface area contributed by atoms with E-state index in [9.17, 15) is 18.0 Å². The van der Waals surface area contributed by atoms with Gasteiger partial charge < -0.3 is 10.1 Å². The third kappa shape index (κ3) is 8.54. The zero-order valence-corrected chi connectivity index (χ0v) is 26.0. The molecule has 10 heteroatoms. The Morgan fingerprint density at radius 3 is 2.20 bits per heavy atom. The van der Waals surface area contributed by atoms with Gasteiger partial charge in [-0.3, -0.25) is 13.9 Å². The molecule has 0 heterocycles. The first-order valence-electron chi connectivity index (χ1n) is 14.1. The number of sulfonamides is 1. The highest BCUT2D eigenvalue weighted by atomic mass is 32.2. The van der Waals surface area contributed by atoms with Crippen LogP contribution in [0.25, 0.3) is 0 Å². The van der Waals surface area contributed by atoms with E-state index in [0.717, 1.165) is 26.6 Å². The summed E-state index contributed by atoms with van der Waals surface area (Å²) in [5.41, 5.74) is 7.30. The molecule has 0 aromatic heterocycles. The van der Waals surface area contributed by atoms with Crippen molar-refractivity contribution < 1.29 is 22.7 Å². The molecule has 0 aliphatic rings. The number of hydrazone groups is 1. The van der Waals surface area contributed by atoms with Gasteiger partial charge in [-0.15, -0.1) is 0 Å². The Morgan fingerprint density at radius 2 is 1.55 bits per heavy atom. The highest BCUT2D eigenvalue weighted by Gasteiger charge is 2.27. The number of nitrogens with one attached hydrogen (secondary N) is 2. The average Bonchev–Trinajstić information content (AvgIpc) is 3.01. The fourth-order valence-electron chi connectivity index (χ4n) is 4.29. The molecule has 0 saturated carbocycles. The summed E-state index contributed by atoms with van der Waals surface area (Å²) in [5, 5.41) is 6.90. The fraction of sp³-hybridized carbons (Fsp3) is 0.206. The topological polar surface area (TPSA) is 117 Å². The summed E-state index contributed by atoms with van der Waals surface area (Å²) in [6.45, 7) is 7.00. The summed E-state index contributed by atoms with van der Waals surface area (Å²) in [4.78, 5) is 25.3. The minimum atomic E-state index is -4.03. The molecule has 4 rings (SSSR count). The molecule has 44 heavy (non-hydrogen) atoms. The van der Waals surface area contributed by atoms with Gasteiger partial charge >= 0.3 is 0 Å². The van der Waals surface area contributed by atoms with Gasteiger partial charge in [-0.25, -0.2) is 13.8 Å². The number of carbonyl (C=O) groups is 2. The SMILES string of the molecule is Cc1ccc(S(=O)(=O)N(CC(=O)N/N=C\c2ccc(OCC(=O)N[C@H](C)c3ccccc3)cc2)c2ccc(C)c(C)c2)cc1. The Hall–Kier alpha value is -4.96. The molecule has 9 nitrogen and oxygen atoms in total. The van der Waals surface area contributed by atoms with E-state index >= 15 is 0 Å². The number of benzene rings is 4. The van der Waals surface area contributed by atoms with E-state index in [0.29, 0.717) is 17.0 Å². The van der Waals surface area contributed by atoms with Crippen molar-refractivity contribution in [3.8, 4) is 5.75 Å². The molecule has 0 spiro atoms. The van der Waals surface area contributed by atoms with Crippen molar-refractivity contribution in [2.45, 2.75) is 38.6 Å². The molecular formula is C34H36N4O5S. The number of carbonyl (C=O) groups excluding carboxylic acids is 2. The summed E-state index contributed by atoms with van der Waals surface area (Å²) >= 11 is 0. The minimum absolute atomic E-state index is 0.0862. The maximum atomic E-state index is 13.6. The molecule has 0 unspecified atom stereocenters. The molecule has 2 amide bonds. The van der Waals surface area contributed by atoms with Crippen LogP contribution in [-0.4, -0.2) is 39.6 Å². The van der Waals surface area contributed by atoms with Crippen molar-refractivity contribution in [3.63, 3.8) is 0 Å². The molecule has 0 bridgehead atoms. The number of hydrogen-bond donors (Lipinski definition) is 2. The summed E-state index contributed by atoms with van der Waals surface area (Å²) < 4.78 is 33.8. The first kappa shape index (κ1) is 32.0. The first-order chi connectivity index (χ1) is 21.0. The normalized spacial score (nSPS) is 12.0. The lowest BCUT2D eigenvalue weighted by atomic mass is 10.1. The molecule has 0 saturated heterocycles.